The van der Waals surface area contributed by atoms with Gasteiger partial charge in [-0.2, -0.15) is 0 Å². The number of nitrogens with zero attached hydrogens (tertiary/aromatic N) is 1. The predicted octanol–water partition coefficient (Wildman–Crippen LogP) is -1.47. The van der Waals surface area contributed by atoms with Gasteiger partial charge in [-0.05, 0) is 6.42 Å². The van der Waals surface area contributed by atoms with Crippen molar-refractivity contribution < 1.29 is 19.5 Å². The third-order valence-corrected chi connectivity index (χ3v) is 2.62. The van der Waals surface area contributed by atoms with Crippen molar-refractivity contribution in [1.29, 1.82) is 0 Å². The van der Waals surface area contributed by atoms with Crippen molar-refractivity contribution in [1.82, 2.24) is 10.2 Å². The molecule has 1 aliphatic heterocycles. The van der Waals surface area contributed by atoms with E-state index in [-0.39, 0.29) is 24.3 Å². The van der Waals surface area contributed by atoms with Gasteiger partial charge in [0, 0.05) is 26.1 Å². The number of nitrogens with two attached hydrogens (primary N) is 1. The Labute approximate surface area is 98.9 Å². The molecule has 0 aliphatic carbocycles. The smallest absolute Gasteiger partial charge is 0.305 e. The first kappa shape index (κ1) is 13.4. The van der Waals surface area contributed by atoms with Crippen molar-refractivity contribution in [3.63, 3.8) is 0 Å². The van der Waals surface area contributed by atoms with E-state index in [4.69, 9.17) is 10.8 Å². The Hall–Kier alpha value is -1.63. The normalized spacial score (nSPS) is 21.1. The Morgan fingerprint density at radius 1 is 1.53 bits per heavy atom. The largest absolute Gasteiger partial charge is 0.481 e. The van der Waals surface area contributed by atoms with Crippen LogP contribution < -0.4 is 11.1 Å². The van der Waals surface area contributed by atoms with Crippen molar-refractivity contribution in [2.75, 3.05) is 13.1 Å². The van der Waals surface area contributed by atoms with Gasteiger partial charge in [-0.1, -0.05) is 0 Å². The standard InChI is InChI=1S/C10H17N3O4/c1-6(14)12-7-2-3-13(5-7)10(17)8(11)4-9(15)16/h7-8H,2-5,11H2,1H3,(H,12,14)(H,15,16). The number of carbonyl (C=O) groups excluding carboxylic acids is 2. The molecule has 0 saturated carbocycles. The average Bonchev–Trinajstić information content (AvgIpc) is 2.62. The Morgan fingerprint density at radius 2 is 2.18 bits per heavy atom. The number of aliphatic carboxylic acids is 1. The fourth-order valence-corrected chi connectivity index (χ4v) is 1.88. The number of carboxylic acids is 1. The first-order valence-electron chi connectivity index (χ1n) is 5.43. The highest BCUT2D eigenvalue weighted by atomic mass is 16.4. The zero-order chi connectivity index (χ0) is 13.0. The van der Waals surface area contributed by atoms with Crippen LogP contribution in [-0.4, -0.2) is 53.0 Å². The molecule has 2 amide bonds. The van der Waals surface area contributed by atoms with E-state index in [1.165, 1.54) is 11.8 Å². The van der Waals surface area contributed by atoms with Crippen LogP contribution in [0, 0.1) is 0 Å². The van der Waals surface area contributed by atoms with E-state index < -0.39 is 12.0 Å². The third-order valence-electron chi connectivity index (χ3n) is 2.62. The molecule has 0 bridgehead atoms. The zero-order valence-electron chi connectivity index (χ0n) is 9.68. The summed E-state index contributed by atoms with van der Waals surface area (Å²) >= 11 is 0. The summed E-state index contributed by atoms with van der Waals surface area (Å²) in [4.78, 5) is 34.5. The molecule has 7 nitrogen and oxygen atoms in total. The first-order chi connectivity index (χ1) is 7.90. The van der Waals surface area contributed by atoms with Gasteiger partial charge < -0.3 is 21.1 Å². The molecule has 7 heteroatoms. The quantitative estimate of drug-likeness (QED) is 0.557. The Balaban J connectivity index is 2.44. The molecule has 1 aliphatic rings. The zero-order valence-corrected chi connectivity index (χ0v) is 9.68. The maximum Gasteiger partial charge on any atom is 0.305 e. The Morgan fingerprint density at radius 3 is 2.71 bits per heavy atom. The number of likely N-dealkylation sites (tertiary alicyclic amines) is 1. The molecule has 1 fully saturated rings. The molecule has 2 atom stereocenters. The summed E-state index contributed by atoms with van der Waals surface area (Å²) in [5.41, 5.74) is 5.49. The van der Waals surface area contributed by atoms with E-state index in [9.17, 15) is 14.4 Å². The number of hydrogen-bond acceptors (Lipinski definition) is 4. The third kappa shape index (κ3) is 4.03. The second-order valence-electron chi connectivity index (χ2n) is 4.17. The van der Waals surface area contributed by atoms with Gasteiger partial charge in [0.15, 0.2) is 0 Å². The van der Waals surface area contributed by atoms with Gasteiger partial charge in [0.05, 0.1) is 12.5 Å². The summed E-state index contributed by atoms with van der Waals surface area (Å²) in [6.45, 7) is 2.31. The van der Waals surface area contributed by atoms with Gasteiger partial charge in [0.2, 0.25) is 11.8 Å². The van der Waals surface area contributed by atoms with Crippen LogP contribution in [0.5, 0.6) is 0 Å². The monoisotopic (exact) mass is 243 g/mol. The van der Waals surface area contributed by atoms with Gasteiger partial charge in [0.1, 0.15) is 0 Å². The van der Waals surface area contributed by atoms with Crippen LogP contribution in [0.3, 0.4) is 0 Å². The van der Waals surface area contributed by atoms with Gasteiger partial charge in [-0.15, -0.1) is 0 Å². The van der Waals surface area contributed by atoms with Crippen molar-refractivity contribution in [3.8, 4) is 0 Å². The van der Waals surface area contributed by atoms with Crippen molar-refractivity contribution >= 4 is 17.8 Å². The summed E-state index contributed by atoms with van der Waals surface area (Å²) in [7, 11) is 0. The summed E-state index contributed by atoms with van der Waals surface area (Å²) < 4.78 is 0. The molecule has 1 saturated heterocycles. The minimum atomic E-state index is -1.09. The molecular weight excluding hydrogens is 226 g/mol. The SMILES string of the molecule is CC(=O)NC1CCN(C(=O)C(N)CC(=O)O)C1. The lowest BCUT2D eigenvalue weighted by atomic mass is 10.2. The molecule has 96 valence electrons. The second-order valence-corrected chi connectivity index (χ2v) is 4.17. The molecule has 0 radical (unpaired) electrons. The van der Waals surface area contributed by atoms with Crippen molar-refractivity contribution in [2.24, 2.45) is 5.73 Å². The van der Waals surface area contributed by atoms with E-state index in [1.54, 1.807) is 0 Å². The summed E-state index contributed by atoms with van der Waals surface area (Å²) in [6.07, 6.45) is 0.297. The van der Waals surface area contributed by atoms with E-state index in [2.05, 4.69) is 5.32 Å². The van der Waals surface area contributed by atoms with Crippen LogP contribution in [-0.2, 0) is 14.4 Å². The van der Waals surface area contributed by atoms with Gasteiger partial charge in [-0.3, -0.25) is 14.4 Å². The molecule has 2 unspecified atom stereocenters. The maximum absolute atomic E-state index is 11.7. The number of nitrogens with one attached hydrogen (secondary N) is 1. The van der Waals surface area contributed by atoms with E-state index >= 15 is 0 Å². The van der Waals surface area contributed by atoms with Crippen LogP contribution in [0.2, 0.25) is 0 Å². The molecule has 1 rings (SSSR count). The van der Waals surface area contributed by atoms with E-state index in [1.807, 2.05) is 0 Å². The molecule has 1 heterocycles. The van der Waals surface area contributed by atoms with Crippen molar-refractivity contribution in [2.45, 2.75) is 31.8 Å². The summed E-state index contributed by atoms with van der Waals surface area (Å²) in [5.74, 6) is -1.61. The summed E-state index contributed by atoms with van der Waals surface area (Å²) in [5, 5.41) is 11.3. The van der Waals surface area contributed by atoms with Gasteiger partial charge in [0.25, 0.3) is 0 Å². The van der Waals surface area contributed by atoms with E-state index in [0.29, 0.717) is 19.5 Å². The minimum Gasteiger partial charge on any atom is -0.481 e. The van der Waals surface area contributed by atoms with Crippen LogP contribution in [0.15, 0.2) is 0 Å². The molecule has 17 heavy (non-hydrogen) atoms. The number of carbonyl (C=O) groups is 3. The van der Waals surface area contributed by atoms with Gasteiger partial charge in [-0.25, -0.2) is 0 Å². The highest BCUT2D eigenvalue weighted by molar-refractivity contribution is 5.86. The lowest BCUT2D eigenvalue weighted by Crippen LogP contribution is -2.45. The Kier molecular flexibility index (Phi) is 4.45. The fourth-order valence-electron chi connectivity index (χ4n) is 1.88. The highest BCUT2D eigenvalue weighted by Crippen LogP contribution is 2.11. The number of amides is 2. The van der Waals surface area contributed by atoms with E-state index in [0.717, 1.165) is 0 Å². The van der Waals surface area contributed by atoms with Crippen LogP contribution >= 0.6 is 0 Å². The van der Waals surface area contributed by atoms with Crippen molar-refractivity contribution in [3.05, 3.63) is 0 Å². The molecular formula is C10H17N3O4. The first-order valence-corrected chi connectivity index (χ1v) is 5.43. The number of carboxylic acid groups (broad SMARTS) is 1. The lowest BCUT2D eigenvalue weighted by Gasteiger charge is -2.20. The molecule has 0 aromatic carbocycles. The predicted molar refractivity (Wildman–Crippen MR) is 59.0 cm³/mol. The second kappa shape index (κ2) is 5.62. The van der Waals surface area contributed by atoms with Crippen LogP contribution in [0.4, 0.5) is 0 Å². The lowest BCUT2D eigenvalue weighted by molar-refractivity contribution is -0.141. The number of hydrogen-bond donors (Lipinski definition) is 3. The van der Waals surface area contributed by atoms with Crippen LogP contribution in [0.1, 0.15) is 19.8 Å². The topological polar surface area (TPSA) is 113 Å². The highest BCUT2D eigenvalue weighted by Gasteiger charge is 2.30. The Bertz CT molecular complexity index is 332. The minimum absolute atomic E-state index is 0.0616. The fraction of sp³-hybridized carbons (Fsp3) is 0.700. The van der Waals surface area contributed by atoms with Crippen LogP contribution in [0.25, 0.3) is 0 Å². The summed E-state index contributed by atoms with van der Waals surface area (Å²) in [6, 6.07) is -1.07. The molecule has 0 spiro atoms. The molecule has 0 aromatic heterocycles. The molecule has 4 N–H and O–H groups in total. The molecule has 0 aromatic rings. The number of rotatable bonds is 4. The maximum atomic E-state index is 11.7. The average molecular weight is 243 g/mol. The van der Waals surface area contributed by atoms with Gasteiger partial charge >= 0.3 is 5.97 Å².